The summed E-state index contributed by atoms with van der Waals surface area (Å²) in [5, 5.41) is 12.8. The van der Waals surface area contributed by atoms with Gasteiger partial charge in [0.15, 0.2) is 11.0 Å². The number of carbonyl (C=O) groups excluding carboxylic acids is 1. The standard InChI is InChI=1S/C25H23ClN4O4S/c1-32-18-12-13-20(22(14-18)34-3)27-23(31)15-35-25-29-28-24(19-6-4-5-7-21(19)33-2)30(25)17-10-8-16(26)9-11-17/h4-14H,15H2,1-3H3,(H,27,31). The van der Waals surface area contributed by atoms with Crippen LogP contribution in [0.15, 0.2) is 71.9 Å². The molecule has 0 saturated carbocycles. The smallest absolute Gasteiger partial charge is 0.234 e. The van der Waals surface area contributed by atoms with Crippen LogP contribution in [0.1, 0.15) is 0 Å². The van der Waals surface area contributed by atoms with E-state index in [0.717, 1.165) is 11.3 Å². The molecule has 0 aliphatic heterocycles. The Kier molecular flexibility index (Phi) is 7.79. The first-order chi connectivity index (χ1) is 17.0. The van der Waals surface area contributed by atoms with E-state index in [2.05, 4.69) is 15.5 Å². The lowest BCUT2D eigenvalue weighted by molar-refractivity contribution is -0.113. The van der Waals surface area contributed by atoms with Crippen molar-refractivity contribution < 1.29 is 19.0 Å². The summed E-state index contributed by atoms with van der Waals surface area (Å²) in [5.74, 6) is 2.27. The van der Waals surface area contributed by atoms with E-state index in [0.29, 0.717) is 38.9 Å². The Labute approximate surface area is 212 Å². The Morgan fingerprint density at radius 1 is 0.943 bits per heavy atom. The number of thioether (sulfide) groups is 1. The first-order valence-electron chi connectivity index (χ1n) is 10.5. The molecule has 0 radical (unpaired) electrons. The fraction of sp³-hybridized carbons (Fsp3) is 0.160. The minimum atomic E-state index is -0.219. The highest BCUT2D eigenvalue weighted by molar-refractivity contribution is 7.99. The van der Waals surface area contributed by atoms with Crippen LogP contribution < -0.4 is 19.5 Å². The lowest BCUT2D eigenvalue weighted by Crippen LogP contribution is -2.15. The van der Waals surface area contributed by atoms with Crippen molar-refractivity contribution >= 4 is 35.0 Å². The average molecular weight is 511 g/mol. The fourth-order valence-electron chi connectivity index (χ4n) is 3.41. The zero-order valence-corrected chi connectivity index (χ0v) is 20.9. The van der Waals surface area contributed by atoms with Gasteiger partial charge in [0.05, 0.1) is 38.3 Å². The second-order valence-electron chi connectivity index (χ2n) is 7.22. The molecule has 1 heterocycles. The molecule has 1 N–H and O–H groups in total. The number of nitrogens with one attached hydrogen (secondary N) is 1. The van der Waals surface area contributed by atoms with E-state index in [4.69, 9.17) is 25.8 Å². The van der Waals surface area contributed by atoms with E-state index in [1.165, 1.54) is 18.9 Å². The average Bonchev–Trinajstić information content (AvgIpc) is 3.31. The molecule has 0 aliphatic rings. The molecule has 4 rings (SSSR count). The summed E-state index contributed by atoms with van der Waals surface area (Å²) in [6.45, 7) is 0. The Morgan fingerprint density at radius 2 is 1.69 bits per heavy atom. The maximum absolute atomic E-state index is 12.8. The number of benzene rings is 3. The molecule has 3 aromatic carbocycles. The van der Waals surface area contributed by atoms with Crippen LogP contribution in [0.3, 0.4) is 0 Å². The van der Waals surface area contributed by atoms with Gasteiger partial charge in [-0.25, -0.2) is 0 Å². The number of para-hydroxylation sites is 1. The third kappa shape index (κ3) is 5.52. The molecular formula is C25H23ClN4O4S. The number of anilines is 1. The highest BCUT2D eigenvalue weighted by Crippen LogP contribution is 2.34. The molecule has 35 heavy (non-hydrogen) atoms. The van der Waals surface area contributed by atoms with Gasteiger partial charge in [0.2, 0.25) is 5.91 Å². The molecule has 0 atom stereocenters. The molecule has 0 spiro atoms. The van der Waals surface area contributed by atoms with E-state index < -0.39 is 0 Å². The molecule has 4 aromatic rings. The van der Waals surface area contributed by atoms with Crippen molar-refractivity contribution in [3.63, 3.8) is 0 Å². The molecule has 0 unspecified atom stereocenters. The summed E-state index contributed by atoms with van der Waals surface area (Å²) >= 11 is 7.37. The van der Waals surface area contributed by atoms with Crippen molar-refractivity contribution in [1.29, 1.82) is 0 Å². The van der Waals surface area contributed by atoms with Crippen LogP contribution in [-0.2, 0) is 4.79 Å². The van der Waals surface area contributed by atoms with Crippen molar-refractivity contribution in [2.45, 2.75) is 5.16 Å². The molecule has 10 heteroatoms. The third-order valence-electron chi connectivity index (χ3n) is 5.08. The van der Waals surface area contributed by atoms with Crippen molar-refractivity contribution in [3.05, 3.63) is 71.8 Å². The van der Waals surface area contributed by atoms with Crippen molar-refractivity contribution in [2.75, 3.05) is 32.4 Å². The zero-order valence-electron chi connectivity index (χ0n) is 19.3. The summed E-state index contributed by atoms with van der Waals surface area (Å²) < 4.78 is 18.0. The Hall–Kier alpha value is -3.69. The van der Waals surface area contributed by atoms with Crippen LogP contribution in [0.5, 0.6) is 17.2 Å². The van der Waals surface area contributed by atoms with Gasteiger partial charge >= 0.3 is 0 Å². The van der Waals surface area contributed by atoms with E-state index in [-0.39, 0.29) is 11.7 Å². The van der Waals surface area contributed by atoms with Crippen molar-refractivity contribution in [1.82, 2.24) is 14.8 Å². The number of halogens is 1. The number of nitrogens with zero attached hydrogens (tertiary/aromatic N) is 3. The zero-order chi connectivity index (χ0) is 24.8. The summed E-state index contributed by atoms with van der Waals surface area (Å²) in [6.07, 6.45) is 0. The second-order valence-corrected chi connectivity index (χ2v) is 8.60. The van der Waals surface area contributed by atoms with Crippen LogP contribution in [0.4, 0.5) is 5.69 Å². The Balaban J connectivity index is 1.61. The number of rotatable bonds is 9. The number of ether oxygens (including phenoxy) is 3. The molecule has 1 aromatic heterocycles. The maximum Gasteiger partial charge on any atom is 0.234 e. The lowest BCUT2D eigenvalue weighted by Gasteiger charge is -2.13. The van der Waals surface area contributed by atoms with Crippen molar-refractivity contribution in [2.24, 2.45) is 0 Å². The quantitative estimate of drug-likeness (QED) is 0.304. The Morgan fingerprint density at radius 3 is 2.40 bits per heavy atom. The van der Waals surface area contributed by atoms with Crippen LogP contribution in [0, 0.1) is 0 Å². The number of aromatic nitrogens is 3. The minimum absolute atomic E-state index is 0.104. The van der Waals surface area contributed by atoms with Gasteiger partial charge in [0, 0.05) is 16.8 Å². The molecule has 8 nitrogen and oxygen atoms in total. The monoisotopic (exact) mass is 510 g/mol. The molecule has 1 amide bonds. The largest absolute Gasteiger partial charge is 0.497 e. The summed E-state index contributed by atoms with van der Waals surface area (Å²) in [6, 6.07) is 20.1. The predicted octanol–water partition coefficient (Wildman–Crippen LogP) is 5.34. The van der Waals surface area contributed by atoms with Crippen LogP contribution in [0.25, 0.3) is 17.1 Å². The number of hydrogen-bond acceptors (Lipinski definition) is 7. The second kappa shape index (κ2) is 11.2. The highest BCUT2D eigenvalue weighted by atomic mass is 35.5. The Bertz CT molecular complexity index is 1330. The number of carbonyl (C=O) groups is 1. The topological polar surface area (TPSA) is 87.5 Å². The summed E-state index contributed by atoms with van der Waals surface area (Å²) in [4.78, 5) is 12.8. The molecule has 0 saturated heterocycles. The minimum Gasteiger partial charge on any atom is -0.497 e. The third-order valence-corrected chi connectivity index (χ3v) is 6.26. The van der Waals surface area contributed by atoms with Crippen LogP contribution >= 0.6 is 23.4 Å². The van der Waals surface area contributed by atoms with E-state index >= 15 is 0 Å². The van der Waals surface area contributed by atoms with Gasteiger partial charge in [-0.15, -0.1) is 10.2 Å². The van der Waals surface area contributed by atoms with Crippen LogP contribution in [-0.4, -0.2) is 47.8 Å². The maximum atomic E-state index is 12.8. The van der Waals surface area contributed by atoms with Gasteiger partial charge in [-0.2, -0.15) is 0 Å². The van der Waals surface area contributed by atoms with Gasteiger partial charge in [-0.05, 0) is 48.5 Å². The van der Waals surface area contributed by atoms with E-state index in [9.17, 15) is 4.79 Å². The van der Waals surface area contributed by atoms with Gasteiger partial charge in [-0.3, -0.25) is 9.36 Å². The summed E-state index contributed by atoms with van der Waals surface area (Å²) in [5.41, 5.74) is 2.13. The van der Waals surface area contributed by atoms with Gasteiger partial charge in [-0.1, -0.05) is 35.5 Å². The summed E-state index contributed by atoms with van der Waals surface area (Å²) in [7, 11) is 4.71. The SMILES string of the molecule is COc1ccc(NC(=O)CSc2nnc(-c3ccccc3OC)n2-c2ccc(Cl)cc2)c(OC)c1. The first-order valence-corrected chi connectivity index (χ1v) is 11.9. The molecule has 0 fully saturated rings. The highest BCUT2D eigenvalue weighted by Gasteiger charge is 2.20. The van der Waals surface area contributed by atoms with E-state index in [1.807, 2.05) is 41.0 Å². The van der Waals surface area contributed by atoms with Crippen molar-refractivity contribution in [3.8, 4) is 34.3 Å². The lowest BCUT2D eigenvalue weighted by atomic mass is 10.2. The molecule has 0 aliphatic carbocycles. The van der Waals surface area contributed by atoms with Gasteiger partial charge < -0.3 is 19.5 Å². The van der Waals surface area contributed by atoms with Crippen LogP contribution in [0.2, 0.25) is 5.02 Å². The molecule has 0 bridgehead atoms. The van der Waals surface area contributed by atoms with E-state index in [1.54, 1.807) is 44.6 Å². The van der Waals surface area contributed by atoms with Gasteiger partial charge in [0.25, 0.3) is 0 Å². The predicted molar refractivity (Wildman–Crippen MR) is 137 cm³/mol. The first kappa shape index (κ1) is 24.4. The normalized spacial score (nSPS) is 10.6. The number of hydrogen-bond donors (Lipinski definition) is 1. The number of amides is 1. The fourth-order valence-corrected chi connectivity index (χ4v) is 4.29. The molecule has 180 valence electrons. The number of methoxy groups -OCH3 is 3. The van der Waals surface area contributed by atoms with Gasteiger partial charge in [0.1, 0.15) is 17.2 Å². The molecular weight excluding hydrogens is 488 g/mol.